The van der Waals surface area contributed by atoms with Gasteiger partial charge in [-0.15, -0.1) is 6.58 Å². The summed E-state index contributed by atoms with van der Waals surface area (Å²) in [5.74, 6) is -0.427. The van der Waals surface area contributed by atoms with Crippen LogP contribution >= 0.6 is 0 Å². The van der Waals surface area contributed by atoms with Gasteiger partial charge in [0.2, 0.25) is 0 Å². The Hall–Kier alpha value is -3.87. The number of allylic oxidation sites excluding steroid dienone is 1. The van der Waals surface area contributed by atoms with E-state index < -0.39 is 17.5 Å². The number of benzene rings is 2. The normalized spacial score (nSPS) is 10.5. The largest absolute Gasteiger partial charge is 0.482 e. The molecule has 0 fully saturated rings. The van der Waals surface area contributed by atoms with E-state index in [4.69, 9.17) is 13.9 Å². The van der Waals surface area contributed by atoms with Crippen molar-refractivity contribution in [2.24, 2.45) is 0 Å². The van der Waals surface area contributed by atoms with Crippen LogP contribution in [0.15, 0.2) is 76.5 Å². The van der Waals surface area contributed by atoms with Crippen LogP contribution in [0.5, 0.6) is 5.75 Å². The van der Waals surface area contributed by atoms with Gasteiger partial charge in [-0.05, 0) is 36.6 Å². The second kappa shape index (κ2) is 10.8. The molecular formula is C24H23NO6. The molecule has 0 aliphatic carbocycles. The molecule has 1 aromatic heterocycles. The van der Waals surface area contributed by atoms with Crippen molar-refractivity contribution in [3.8, 4) is 5.75 Å². The molecule has 0 radical (unpaired) electrons. The molecular weight excluding hydrogens is 398 g/mol. The summed E-state index contributed by atoms with van der Waals surface area (Å²) >= 11 is 0. The van der Waals surface area contributed by atoms with Crippen molar-refractivity contribution in [2.75, 3.05) is 19.8 Å². The van der Waals surface area contributed by atoms with Gasteiger partial charge in [0.25, 0.3) is 5.91 Å². The topological polar surface area (TPSA) is 94.8 Å². The summed E-state index contributed by atoms with van der Waals surface area (Å²) in [5.41, 5.74) is 0.593. The smallest absolute Gasteiger partial charge is 0.349 e. The van der Waals surface area contributed by atoms with Gasteiger partial charge < -0.3 is 19.2 Å². The van der Waals surface area contributed by atoms with E-state index in [1.54, 1.807) is 36.4 Å². The van der Waals surface area contributed by atoms with E-state index in [0.717, 1.165) is 5.56 Å². The molecule has 31 heavy (non-hydrogen) atoms. The Bertz CT molecular complexity index is 1130. The minimum absolute atomic E-state index is 0.0673. The molecule has 3 rings (SSSR count). The Balaban J connectivity index is 1.40. The van der Waals surface area contributed by atoms with Gasteiger partial charge in [-0.1, -0.05) is 42.5 Å². The first-order chi connectivity index (χ1) is 15.1. The van der Waals surface area contributed by atoms with Crippen LogP contribution in [0.4, 0.5) is 0 Å². The zero-order chi connectivity index (χ0) is 22.1. The fraction of sp³-hybridized carbons (Fsp3) is 0.208. The van der Waals surface area contributed by atoms with E-state index in [2.05, 4.69) is 11.9 Å². The predicted octanol–water partition coefficient (Wildman–Crippen LogP) is 3.26. The molecule has 0 bridgehead atoms. The quantitative estimate of drug-likeness (QED) is 0.234. The van der Waals surface area contributed by atoms with Crippen LogP contribution in [-0.2, 0) is 16.0 Å². The number of hydrogen-bond donors (Lipinski definition) is 1. The Morgan fingerprint density at radius 3 is 2.71 bits per heavy atom. The average Bonchev–Trinajstić information content (AvgIpc) is 2.78. The minimum Gasteiger partial charge on any atom is -0.482 e. The van der Waals surface area contributed by atoms with Gasteiger partial charge in [0.15, 0.2) is 6.61 Å². The van der Waals surface area contributed by atoms with E-state index >= 15 is 0 Å². The maximum atomic E-state index is 12.2. The third-order valence-electron chi connectivity index (χ3n) is 4.44. The highest BCUT2D eigenvalue weighted by Gasteiger charge is 2.13. The van der Waals surface area contributed by atoms with Crippen LogP contribution in [0.2, 0.25) is 0 Å². The van der Waals surface area contributed by atoms with Crippen molar-refractivity contribution in [1.29, 1.82) is 0 Å². The summed E-state index contributed by atoms with van der Waals surface area (Å²) in [4.78, 5) is 36.1. The van der Waals surface area contributed by atoms with Crippen LogP contribution in [-0.4, -0.2) is 31.6 Å². The Morgan fingerprint density at radius 1 is 1.10 bits per heavy atom. The first-order valence-electron chi connectivity index (χ1n) is 9.87. The number of nitrogens with one attached hydrogen (secondary N) is 1. The molecule has 0 aliphatic rings. The van der Waals surface area contributed by atoms with Crippen molar-refractivity contribution in [1.82, 2.24) is 5.32 Å². The van der Waals surface area contributed by atoms with Gasteiger partial charge in [-0.2, -0.15) is 0 Å². The predicted molar refractivity (Wildman–Crippen MR) is 116 cm³/mol. The van der Waals surface area contributed by atoms with Gasteiger partial charge in [-0.3, -0.25) is 4.79 Å². The molecule has 160 valence electrons. The standard InChI is InChI=1S/C24H23NO6/c1-2-8-17-9-3-5-11-20(17)30-16-22(26)29-14-7-13-25-23(27)19-15-18-10-4-6-12-21(18)31-24(19)28/h2-6,9-12,15H,1,7-8,13-14,16H2,(H,25,27). The second-order valence-corrected chi connectivity index (χ2v) is 6.70. The van der Waals surface area contributed by atoms with E-state index in [1.165, 1.54) is 6.07 Å². The maximum Gasteiger partial charge on any atom is 0.349 e. The lowest BCUT2D eigenvalue weighted by Gasteiger charge is -2.10. The fourth-order valence-electron chi connectivity index (χ4n) is 2.92. The number of amides is 1. The molecule has 2 aromatic carbocycles. The lowest BCUT2D eigenvalue weighted by Crippen LogP contribution is -2.29. The number of ether oxygens (including phenoxy) is 2. The molecule has 0 atom stereocenters. The highest BCUT2D eigenvalue weighted by molar-refractivity contribution is 5.96. The number of carbonyl (C=O) groups excluding carboxylic acids is 2. The van der Waals surface area contributed by atoms with E-state index in [-0.39, 0.29) is 25.3 Å². The maximum absolute atomic E-state index is 12.2. The second-order valence-electron chi connectivity index (χ2n) is 6.70. The number of para-hydroxylation sites is 2. The van der Waals surface area contributed by atoms with Crippen molar-refractivity contribution in [2.45, 2.75) is 12.8 Å². The third kappa shape index (κ3) is 6.05. The summed E-state index contributed by atoms with van der Waals surface area (Å²) in [5, 5.41) is 3.29. The van der Waals surface area contributed by atoms with Gasteiger partial charge in [0.05, 0.1) is 6.61 Å². The summed E-state index contributed by atoms with van der Waals surface area (Å²) in [7, 11) is 0. The average molecular weight is 421 g/mol. The van der Waals surface area contributed by atoms with Crippen LogP contribution in [0.25, 0.3) is 11.0 Å². The lowest BCUT2D eigenvalue weighted by atomic mass is 10.1. The van der Waals surface area contributed by atoms with E-state index in [0.29, 0.717) is 29.6 Å². The molecule has 7 nitrogen and oxygen atoms in total. The van der Waals surface area contributed by atoms with Crippen molar-refractivity contribution in [3.63, 3.8) is 0 Å². The first kappa shape index (κ1) is 21.8. The van der Waals surface area contributed by atoms with Gasteiger partial charge in [-0.25, -0.2) is 9.59 Å². The van der Waals surface area contributed by atoms with E-state index in [1.807, 2.05) is 18.2 Å². The number of hydrogen-bond acceptors (Lipinski definition) is 6. The molecule has 0 aliphatic heterocycles. The molecule has 0 saturated carbocycles. The van der Waals surface area contributed by atoms with Gasteiger partial charge >= 0.3 is 11.6 Å². The first-order valence-corrected chi connectivity index (χ1v) is 9.87. The number of esters is 1. The summed E-state index contributed by atoms with van der Waals surface area (Å²) in [6, 6.07) is 15.9. The molecule has 7 heteroatoms. The molecule has 1 heterocycles. The van der Waals surface area contributed by atoms with Crippen LogP contribution in [0, 0.1) is 0 Å². The Labute approximate surface area is 179 Å². The number of carbonyl (C=O) groups is 2. The molecule has 3 aromatic rings. The number of fused-ring (bicyclic) bond motifs is 1. The van der Waals surface area contributed by atoms with Gasteiger partial charge in [0.1, 0.15) is 16.9 Å². The van der Waals surface area contributed by atoms with Crippen molar-refractivity contribution < 1.29 is 23.5 Å². The fourth-order valence-corrected chi connectivity index (χ4v) is 2.92. The highest BCUT2D eigenvalue weighted by atomic mass is 16.6. The third-order valence-corrected chi connectivity index (χ3v) is 4.44. The van der Waals surface area contributed by atoms with Crippen molar-refractivity contribution >= 4 is 22.8 Å². The monoisotopic (exact) mass is 421 g/mol. The van der Waals surface area contributed by atoms with Crippen LogP contribution in [0.1, 0.15) is 22.3 Å². The summed E-state index contributed by atoms with van der Waals surface area (Å²) in [6.07, 6.45) is 2.79. The zero-order valence-electron chi connectivity index (χ0n) is 17.0. The molecule has 1 N–H and O–H groups in total. The Kier molecular flexibility index (Phi) is 7.59. The number of rotatable bonds is 10. The van der Waals surface area contributed by atoms with Crippen molar-refractivity contribution in [3.05, 3.63) is 88.8 Å². The Morgan fingerprint density at radius 2 is 1.87 bits per heavy atom. The summed E-state index contributed by atoms with van der Waals surface area (Å²) in [6.45, 7) is 3.84. The zero-order valence-corrected chi connectivity index (χ0v) is 17.0. The molecule has 0 saturated heterocycles. The SMILES string of the molecule is C=CCc1ccccc1OCC(=O)OCCCNC(=O)c1cc2ccccc2oc1=O. The van der Waals surface area contributed by atoms with Gasteiger partial charge in [0, 0.05) is 11.9 Å². The molecule has 0 spiro atoms. The summed E-state index contributed by atoms with van der Waals surface area (Å²) < 4.78 is 15.8. The van der Waals surface area contributed by atoms with E-state index in [9.17, 15) is 14.4 Å². The lowest BCUT2D eigenvalue weighted by molar-refractivity contribution is -0.146. The van der Waals surface area contributed by atoms with Crippen LogP contribution in [0.3, 0.4) is 0 Å². The highest BCUT2D eigenvalue weighted by Crippen LogP contribution is 2.18. The van der Waals surface area contributed by atoms with Crippen LogP contribution < -0.4 is 15.7 Å². The minimum atomic E-state index is -0.698. The molecule has 1 amide bonds. The molecule has 0 unspecified atom stereocenters.